The monoisotopic (exact) mass is 286 g/mol. The van der Waals surface area contributed by atoms with Crippen LogP contribution in [0.4, 0.5) is 23.1 Å². The van der Waals surface area contributed by atoms with Crippen LogP contribution in [-0.2, 0) is 0 Å². The summed E-state index contributed by atoms with van der Waals surface area (Å²) in [5, 5.41) is 14.3. The summed E-state index contributed by atoms with van der Waals surface area (Å²) >= 11 is 0. The van der Waals surface area contributed by atoms with Gasteiger partial charge in [-0.2, -0.15) is 10.1 Å². The first-order valence-corrected chi connectivity index (χ1v) is 7.02. The Bertz CT molecular complexity index is 565. The zero-order valence-electron chi connectivity index (χ0n) is 13.0. The van der Waals surface area contributed by atoms with Crippen LogP contribution in [0.3, 0.4) is 0 Å². The van der Waals surface area contributed by atoms with Crippen molar-refractivity contribution in [3.63, 3.8) is 0 Å². The zero-order chi connectivity index (χ0) is 15.2. The minimum Gasteiger partial charge on any atom is -0.378 e. The lowest BCUT2D eigenvalue weighted by Gasteiger charge is -2.13. The fourth-order valence-electron chi connectivity index (χ4n) is 1.72. The Labute approximate surface area is 125 Å². The van der Waals surface area contributed by atoms with Crippen molar-refractivity contribution in [2.75, 3.05) is 36.2 Å². The van der Waals surface area contributed by atoms with Crippen molar-refractivity contribution in [3.8, 4) is 0 Å². The summed E-state index contributed by atoms with van der Waals surface area (Å²) in [7, 11) is 4.03. The summed E-state index contributed by atoms with van der Waals surface area (Å²) in [5.41, 5.74) is 2.12. The van der Waals surface area contributed by atoms with Gasteiger partial charge in [0.1, 0.15) is 0 Å². The number of nitrogens with one attached hydrogen (secondary N) is 2. The van der Waals surface area contributed by atoms with Gasteiger partial charge in [0.15, 0.2) is 5.82 Å². The van der Waals surface area contributed by atoms with E-state index >= 15 is 0 Å². The van der Waals surface area contributed by atoms with Crippen molar-refractivity contribution in [1.82, 2.24) is 15.2 Å². The summed E-state index contributed by atoms with van der Waals surface area (Å²) in [4.78, 5) is 6.45. The van der Waals surface area contributed by atoms with E-state index in [0.717, 1.165) is 17.9 Å². The first-order chi connectivity index (χ1) is 10.0. The molecule has 112 valence electrons. The van der Waals surface area contributed by atoms with E-state index in [1.54, 1.807) is 6.20 Å². The van der Waals surface area contributed by atoms with Gasteiger partial charge in [-0.15, -0.1) is 5.10 Å². The van der Waals surface area contributed by atoms with E-state index in [4.69, 9.17) is 0 Å². The SMILES string of the molecule is CC(C)CNc1nncc(Nc2ccc(N(C)C)cc2)n1. The molecule has 6 heteroatoms. The minimum atomic E-state index is 0.531. The molecule has 2 N–H and O–H groups in total. The molecule has 0 amide bonds. The molecule has 1 aromatic carbocycles. The van der Waals surface area contributed by atoms with Crippen LogP contribution in [-0.4, -0.2) is 35.8 Å². The van der Waals surface area contributed by atoms with Crippen LogP contribution in [0.1, 0.15) is 13.8 Å². The first kappa shape index (κ1) is 15.0. The van der Waals surface area contributed by atoms with Gasteiger partial charge in [-0.1, -0.05) is 13.8 Å². The molecule has 0 fully saturated rings. The zero-order valence-corrected chi connectivity index (χ0v) is 13.0. The Morgan fingerprint density at radius 2 is 1.86 bits per heavy atom. The van der Waals surface area contributed by atoms with Crippen molar-refractivity contribution in [2.45, 2.75) is 13.8 Å². The largest absolute Gasteiger partial charge is 0.378 e. The smallest absolute Gasteiger partial charge is 0.244 e. The molecule has 0 aliphatic carbocycles. The van der Waals surface area contributed by atoms with E-state index < -0.39 is 0 Å². The van der Waals surface area contributed by atoms with Crippen LogP contribution in [0.15, 0.2) is 30.5 Å². The number of rotatable bonds is 6. The number of hydrogen-bond acceptors (Lipinski definition) is 6. The molecule has 0 atom stereocenters. The van der Waals surface area contributed by atoms with Gasteiger partial charge in [-0.25, -0.2) is 0 Å². The maximum absolute atomic E-state index is 4.39. The molecular formula is C15H22N6. The Kier molecular flexibility index (Phi) is 4.92. The molecule has 2 rings (SSSR count). The third-order valence-corrected chi connectivity index (χ3v) is 2.88. The molecule has 0 bridgehead atoms. The molecule has 0 radical (unpaired) electrons. The van der Waals surface area contributed by atoms with Gasteiger partial charge < -0.3 is 15.5 Å². The lowest BCUT2D eigenvalue weighted by Crippen LogP contribution is -2.11. The highest BCUT2D eigenvalue weighted by molar-refractivity contribution is 5.60. The molecule has 1 aromatic heterocycles. The maximum atomic E-state index is 4.39. The van der Waals surface area contributed by atoms with Gasteiger partial charge in [0.2, 0.25) is 5.95 Å². The Morgan fingerprint density at radius 3 is 2.48 bits per heavy atom. The maximum Gasteiger partial charge on any atom is 0.244 e. The van der Waals surface area contributed by atoms with E-state index in [-0.39, 0.29) is 0 Å². The summed E-state index contributed by atoms with van der Waals surface area (Å²) in [6.07, 6.45) is 1.61. The van der Waals surface area contributed by atoms with Crippen molar-refractivity contribution in [1.29, 1.82) is 0 Å². The third-order valence-electron chi connectivity index (χ3n) is 2.88. The van der Waals surface area contributed by atoms with Gasteiger partial charge >= 0.3 is 0 Å². The molecule has 0 aliphatic rings. The molecule has 0 saturated heterocycles. The van der Waals surface area contributed by atoms with Crippen LogP contribution >= 0.6 is 0 Å². The van der Waals surface area contributed by atoms with Gasteiger partial charge in [0.25, 0.3) is 0 Å². The Morgan fingerprint density at radius 1 is 1.14 bits per heavy atom. The van der Waals surface area contributed by atoms with Gasteiger partial charge in [0, 0.05) is 32.0 Å². The van der Waals surface area contributed by atoms with Crippen LogP contribution in [0.25, 0.3) is 0 Å². The number of aromatic nitrogens is 3. The predicted octanol–water partition coefficient (Wildman–Crippen LogP) is 2.75. The molecule has 1 heterocycles. The summed E-state index contributed by atoms with van der Waals surface area (Å²) in [6, 6.07) is 8.13. The Balaban J connectivity index is 2.03. The summed E-state index contributed by atoms with van der Waals surface area (Å²) in [5.74, 6) is 1.75. The standard InChI is InChI=1S/C15H22N6/c1-11(2)9-16-15-19-14(10-17-20-15)18-12-5-7-13(8-6-12)21(3)4/h5-8,10-11H,9H2,1-4H3,(H2,16,18,19,20). The second-order valence-corrected chi connectivity index (χ2v) is 5.51. The molecule has 0 saturated carbocycles. The lowest BCUT2D eigenvalue weighted by atomic mass is 10.2. The fourth-order valence-corrected chi connectivity index (χ4v) is 1.72. The van der Waals surface area contributed by atoms with E-state index in [1.165, 1.54) is 0 Å². The molecule has 0 spiro atoms. The molecular weight excluding hydrogens is 264 g/mol. The Hall–Kier alpha value is -2.37. The van der Waals surface area contributed by atoms with Gasteiger partial charge in [0.05, 0.1) is 6.20 Å². The second kappa shape index (κ2) is 6.88. The topological polar surface area (TPSA) is 66.0 Å². The second-order valence-electron chi connectivity index (χ2n) is 5.51. The minimum absolute atomic E-state index is 0.531. The molecule has 0 aliphatic heterocycles. The number of nitrogens with zero attached hydrogens (tertiary/aromatic N) is 4. The molecule has 2 aromatic rings. The van der Waals surface area contributed by atoms with Crippen LogP contribution in [0.5, 0.6) is 0 Å². The highest BCUT2D eigenvalue weighted by Gasteiger charge is 2.02. The molecule has 0 unspecified atom stereocenters. The molecule has 6 nitrogen and oxygen atoms in total. The van der Waals surface area contributed by atoms with Crippen molar-refractivity contribution in [3.05, 3.63) is 30.5 Å². The van der Waals surface area contributed by atoms with Gasteiger partial charge in [-0.3, -0.25) is 0 Å². The lowest BCUT2D eigenvalue weighted by molar-refractivity contribution is 0.682. The molecule has 21 heavy (non-hydrogen) atoms. The highest BCUT2D eigenvalue weighted by atomic mass is 15.3. The summed E-state index contributed by atoms with van der Waals surface area (Å²) in [6.45, 7) is 5.09. The van der Waals surface area contributed by atoms with Crippen molar-refractivity contribution < 1.29 is 0 Å². The van der Waals surface area contributed by atoms with Crippen molar-refractivity contribution in [2.24, 2.45) is 5.92 Å². The first-order valence-electron chi connectivity index (χ1n) is 7.02. The number of hydrogen-bond donors (Lipinski definition) is 2. The van der Waals surface area contributed by atoms with E-state index in [9.17, 15) is 0 Å². The average Bonchev–Trinajstić information content (AvgIpc) is 2.46. The predicted molar refractivity (Wildman–Crippen MR) is 87.2 cm³/mol. The third kappa shape index (κ3) is 4.59. The van der Waals surface area contributed by atoms with Crippen molar-refractivity contribution >= 4 is 23.1 Å². The number of anilines is 4. The fraction of sp³-hybridized carbons (Fsp3) is 0.400. The quantitative estimate of drug-likeness (QED) is 0.851. The van der Waals surface area contributed by atoms with Crippen LogP contribution < -0.4 is 15.5 Å². The average molecular weight is 286 g/mol. The number of benzene rings is 1. The van der Waals surface area contributed by atoms with E-state index in [1.807, 2.05) is 26.2 Å². The van der Waals surface area contributed by atoms with E-state index in [0.29, 0.717) is 17.7 Å². The summed E-state index contributed by atoms with van der Waals surface area (Å²) < 4.78 is 0. The van der Waals surface area contributed by atoms with E-state index in [2.05, 4.69) is 56.7 Å². The van der Waals surface area contributed by atoms with Crippen LogP contribution in [0, 0.1) is 5.92 Å². The normalized spacial score (nSPS) is 10.5. The van der Waals surface area contributed by atoms with Crippen LogP contribution in [0.2, 0.25) is 0 Å². The van der Waals surface area contributed by atoms with Gasteiger partial charge in [-0.05, 0) is 30.2 Å². The highest BCUT2D eigenvalue weighted by Crippen LogP contribution is 2.18.